The standard InChI is InChI=1S/C13H20O4/c1-15-7-3-4-8-17-12-6-5-11(10-14)9-13(12)16-2/h5-6,9,14H,3-4,7-8,10H2,1-2H3. The monoisotopic (exact) mass is 240 g/mol. The van der Waals surface area contributed by atoms with Crippen LogP contribution in [0.4, 0.5) is 0 Å². The second-order valence-corrected chi connectivity index (χ2v) is 3.69. The van der Waals surface area contributed by atoms with Gasteiger partial charge >= 0.3 is 0 Å². The van der Waals surface area contributed by atoms with Crippen LogP contribution in [0.1, 0.15) is 18.4 Å². The summed E-state index contributed by atoms with van der Waals surface area (Å²) in [5.74, 6) is 1.37. The van der Waals surface area contributed by atoms with Gasteiger partial charge in [-0.3, -0.25) is 0 Å². The van der Waals surface area contributed by atoms with E-state index in [1.54, 1.807) is 20.3 Å². The molecule has 1 aromatic carbocycles. The van der Waals surface area contributed by atoms with E-state index in [0.717, 1.165) is 25.0 Å². The molecule has 0 fully saturated rings. The lowest BCUT2D eigenvalue weighted by Crippen LogP contribution is -2.01. The third-order valence-corrected chi connectivity index (χ3v) is 2.41. The smallest absolute Gasteiger partial charge is 0.161 e. The number of hydrogen-bond donors (Lipinski definition) is 1. The molecule has 17 heavy (non-hydrogen) atoms. The van der Waals surface area contributed by atoms with Gasteiger partial charge in [0.2, 0.25) is 0 Å². The third-order valence-electron chi connectivity index (χ3n) is 2.41. The molecule has 96 valence electrons. The SMILES string of the molecule is COCCCCOc1ccc(CO)cc1OC. The molecule has 1 aromatic rings. The molecule has 0 saturated heterocycles. The zero-order chi connectivity index (χ0) is 12.5. The molecule has 0 atom stereocenters. The average molecular weight is 240 g/mol. The largest absolute Gasteiger partial charge is 0.493 e. The Balaban J connectivity index is 2.46. The predicted molar refractivity (Wildman–Crippen MR) is 65.5 cm³/mol. The van der Waals surface area contributed by atoms with Gasteiger partial charge in [-0.25, -0.2) is 0 Å². The van der Waals surface area contributed by atoms with Crippen molar-refractivity contribution < 1.29 is 19.3 Å². The van der Waals surface area contributed by atoms with E-state index in [4.69, 9.17) is 19.3 Å². The zero-order valence-corrected chi connectivity index (χ0v) is 10.4. The second-order valence-electron chi connectivity index (χ2n) is 3.69. The maximum Gasteiger partial charge on any atom is 0.161 e. The summed E-state index contributed by atoms with van der Waals surface area (Å²) >= 11 is 0. The quantitative estimate of drug-likeness (QED) is 0.706. The summed E-state index contributed by atoms with van der Waals surface area (Å²) in [7, 11) is 3.28. The number of methoxy groups -OCH3 is 2. The summed E-state index contributed by atoms with van der Waals surface area (Å²) in [6.07, 6.45) is 1.92. The summed E-state index contributed by atoms with van der Waals surface area (Å²) in [6, 6.07) is 5.43. The minimum Gasteiger partial charge on any atom is -0.493 e. The minimum atomic E-state index is 0.00444. The van der Waals surface area contributed by atoms with E-state index >= 15 is 0 Å². The highest BCUT2D eigenvalue weighted by atomic mass is 16.5. The van der Waals surface area contributed by atoms with Gasteiger partial charge in [0.1, 0.15) is 0 Å². The molecule has 0 aliphatic carbocycles. The van der Waals surface area contributed by atoms with Crippen LogP contribution in [0.5, 0.6) is 11.5 Å². The van der Waals surface area contributed by atoms with Crippen molar-refractivity contribution >= 4 is 0 Å². The molecule has 0 saturated carbocycles. The van der Waals surface area contributed by atoms with Crippen molar-refractivity contribution in [1.82, 2.24) is 0 Å². The lowest BCUT2D eigenvalue weighted by Gasteiger charge is -2.11. The molecule has 0 amide bonds. The summed E-state index contributed by atoms with van der Waals surface area (Å²) in [4.78, 5) is 0. The van der Waals surface area contributed by atoms with Crippen LogP contribution in [0.2, 0.25) is 0 Å². The fraction of sp³-hybridized carbons (Fsp3) is 0.538. The summed E-state index contributed by atoms with van der Waals surface area (Å²) < 4.78 is 15.8. The number of aliphatic hydroxyl groups excluding tert-OH is 1. The van der Waals surface area contributed by atoms with Crippen molar-refractivity contribution in [2.75, 3.05) is 27.4 Å². The third kappa shape index (κ3) is 4.63. The van der Waals surface area contributed by atoms with Gasteiger partial charge < -0.3 is 19.3 Å². The molecule has 0 heterocycles. The molecule has 0 spiro atoms. The highest BCUT2D eigenvalue weighted by Crippen LogP contribution is 2.28. The highest BCUT2D eigenvalue weighted by molar-refractivity contribution is 5.42. The molecule has 0 bridgehead atoms. The van der Waals surface area contributed by atoms with Gasteiger partial charge in [-0.15, -0.1) is 0 Å². The van der Waals surface area contributed by atoms with Crippen LogP contribution >= 0.6 is 0 Å². The Kier molecular flexibility index (Phi) is 6.43. The van der Waals surface area contributed by atoms with Gasteiger partial charge in [0.05, 0.1) is 20.3 Å². The zero-order valence-electron chi connectivity index (χ0n) is 10.4. The first-order valence-corrected chi connectivity index (χ1v) is 5.71. The summed E-state index contributed by atoms with van der Waals surface area (Å²) in [6.45, 7) is 1.40. The van der Waals surface area contributed by atoms with Gasteiger partial charge in [-0.2, -0.15) is 0 Å². The number of aliphatic hydroxyl groups is 1. The van der Waals surface area contributed by atoms with Crippen molar-refractivity contribution in [3.63, 3.8) is 0 Å². The molecule has 4 nitrogen and oxygen atoms in total. The fourth-order valence-corrected chi connectivity index (χ4v) is 1.46. The lowest BCUT2D eigenvalue weighted by molar-refractivity contribution is 0.183. The maximum absolute atomic E-state index is 9.01. The molecule has 0 aromatic heterocycles. The molecule has 4 heteroatoms. The van der Waals surface area contributed by atoms with E-state index in [9.17, 15) is 0 Å². The van der Waals surface area contributed by atoms with Crippen LogP contribution in [0.15, 0.2) is 18.2 Å². The minimum absolute atomic E-state index is 0.00444. The molecule has 1 N–H and O–H groups in total. The number of hydrogen-bond acceptors (Lipinski definition) is 4. The first-order chi connectivity index (χ1) is 8.31. The Labute approximate surface area is 102 Å². The summed E-state index contributed by atoms with van der Waals surface area (Å²) in [5, 5.41) is 9.01. The van der Waals surface area contributed by atoms with E-state index in [1.807, 2.05) is 12.1 Å². The average Bonchev–Trinajstić information content (AvgIpc) is 2.38. The van der Waals surface area contributed by atoms with E-state index < -0.39 is 0 Å². The second kappa shape index (κ2) is 7.92. The molecular formula is C13H20O4. The molecular weight excluding hydrogens is 220 g/mol. The number of rotatable bonds is 8. The van der Waals surface area contributed by atoms with Crippen LogP contribution in [0, 0.1) is 0 Å². The Morgan fingerprint density at radius 1 is 1.06 bits per heavy atom. The molecule has 0 radical (unpaired) electrons. The summed E-state index contributed by atoms with van der Waals surface area (Å²) in [5.41, 5.74) is 0.814. The first kappa shape index (κ1) is 13.8. The Morgan fingerprint density at radius 3 is 2.47 bits per heavy atom. The number of benzene rings is 1. The van der Waals surface area contributed by atoms with Crippen LogP contribution in [0.3, 0.4) is 0 Å². The molecule has 1 rings (SSSR count). The first-order valence-electron chi connectivity index (χ1n) is 5.71. The van der Waals surface area contributed by atoms with E-state index in [0.29, 0.717) is 18.1 Å². The molecule has 0 aliphatic heterocycles. The number of ether oxygens (including phenoxy) is 3. The Morgan fingerprint density at radius 2 is 1.82 bits per heavy atom. The van der Waals surface area contributed by atoms with Crippen molar-refractivity contribution in [3.8, 4) is 11.5 Å². The van der Waals surface area contributed by atoms with Gasteiger partial charge in [-0.1, -0.05) is 6.07 Å². The van der Waals surface area contributed by atoms with Gasteiger partial charge in [0, 0.05) is 13.7 Å². The highest BCUT2D eigenvalue weighted by Gasteiger charge is 2.05. The van der Waals surface area contributed by atoms with E-state index in [-0.39, 0.29) is 6.61 Å². The predicted octanol–water partition coefficient (Wildman–Crippen LogP) is 1.99. The van der Waals surface area contributed by atoms with Gasteiger partial charge in [0.15, 0.2) is 11.5 Å². The van der Waals surface area contributed by atoms with Crippen molar-refractivity contribution in [2.24, 2.45) is 0 Å². The van der Waals surface area contributed by atoms with Crippen LogP contribution in [-0.2, 0) is 11.3 Å². The van der Waals surface area contributed by atoms with Crippen LogP contribution in [-0.4, -0.2) is 32.5 Å². The lowest BCUT2D eigenvalue weighted by atomic mass is 10.2. The van der Waals surface area contributed by atoms with Gasteiger partial charge in [0.25, 0.3) is 0 Å². The topological polar surface area (TPSA) is 47.9 Å². The van der Waals surface area contributed by atoms with Crippen molar-refractivity contribution in [2.45, 2.75) is 19.4 Å². The van der Waals surface area contributed by atoms with Crippen molar-refractivity contribution in [1.29, 1.82) is 0 Å². The van der Waals surface area contributed by atoms with Crippen LogP contribution in [0.25, 0.3) is 0 Å². The van der Waals surface area contributed by atoms with E-state index in [2.05, 4.69) is 0 Å². The molecule has 0 aliphatic rings. The Hall–Kier alpha value is -1.26. The normalized spacial score (nSPS) is 10.3. The van der Waals surface area contributed by atoms with E-state index in [1.165, 1.54) is 0 Å². The van der Waals surface area contributed by atoms with Crippen molar-refractivity contribution in [3.05, 3.63) is 23.8 Å². The molecule has 0 unspecified atom stereocenters. The van der Waals surface area contributed by atoms with Gasteiger partial charge in [-0.05, 0) is 30.5 Å². The Bertz CT molecular complexity index is 325. The number of unbranched alkanes of at least 4 members (excludes halogenated alkanes) is 1. The van der Waals surface area contributed by atoms with Crippen LogP contribution < -0.4 is 9.47 Å². The fourth-order valence-electron chi connectivity index (χ4n) is 1.46. The maximum atomic E-state index is 9.01.